The van der Waals surface area contributed by atoms with Gasteiger partial charge in [0, 0.05) is 5.41 Å². The highest BCUT2D eigenvalue weighted by Crippen LogP contribution is 2.21. The lowest BCUT2D eigenvalue weighted by Gasteiger charge is -2.15. The average molecular weight is 138 g/mol. The highest BCUT2D eigenvalue weighted by atomic mass is 14.1. The van der Waals surface area contributed by atoms with E-state index in [-0.39, 0.29) is 5.41 Å². The van der Waals surface area contributed by atoms with E-state index in [0.717, 1.165) is 6.42 Å². The maximum absolute atomic E-state index is 5.34. The zero-order chi connectivity index (χ0) is 8.04. The van der Waals surface area contributed by atoms with E-state index in [4.69, 9.17) is 6.42 Å². The summed E-state index contributed by atoms with van der Waals surface area (Å²) >= 11 is 0. The summed E-state index contributed by atoms with van der Waals surface area (Å²) in [4.78, 5) is 0. The monoisotopic (exact) mass is 138 g/mol. The van der Waals surface area contributed by atoms with Crippen LogP contribution in [0.2, 0.25) is 0 Å². The van der Waals surface area contributed by atoms with Gasteiger partial charge in [0.1, 0.15) is 0 Å². The number of hydrogen-bond donors (Lipinski definition) is 0. The fourth-order valence-corrected chi connectivity index (χ4v) is 0.889. The van der Waals surface area contributed by atoms with Gasteiger partial charge in [-0.3, -0.25) is 0 Å². The molecule has 0 N–H and O–H groups in total. The summed E-state index contributed by atoms with van der Waals surface area (Å²) in [5.41, 5.74) is 0.120. The lowest BCUT2D eigenvalue weighted by Crippen LogP contribution is -2.06. The smallest absolute Gasteiger partial charge is 0.0255 e. The number of unbranched alkanes of at least 4 members (excludes halogenated alkanes) is 2. The second-order valence-electron chi connectivity index (χ2n) is 3.49. The molecule has 0 fully saturated rings. The topological polar surface area (TPSA) is 0 Å². The van der Waals surface area contributed by atoms with Gasteiger partial charge >= 0.3 is 0 Å². The molecule has 58 valence electrons. The molecule has 0 nitrogen and oxygen atoms in total. The normalized spacial score (nSPS) is 11.0. The first-order valence-corrected chi connectivity index (χ1v) is 4.10. The second-order valence-corrected chi connectivity index (χ2v) is 3.49. The van der Waals surface area contributed by atoms with Gasteiger partial charge in [-0.1, -0.05) is 26.2 Å². The molecular formula is C10H18. The summed E-state index contributed by atoms with van der Waals surface area (Å²) in [5.74, 6) is 2.80. The minimum Gasteiger partial charge on any atom is -0.120 e. The molecule has 0 aromatic carbocycles. The molecule has 0 aromatic rings. The van der Waals surface area contributed by atoms with Crippen molar-refractivity contribution in [2.24, 2.45) is 5.41 Å². The number of terminal acetylenes is 1. The van der Waals surface area contributed by atoms with E-state index in [2.05, 4.69) is 26.7 Å². The van der Waals surface area contributed by atoms with Gasteiger partial charge in [-0.25, -0.2) is 0 Å². The van der Waals surface area contributed by atoms with Crippen molar-refractivity contribution in [3.05, 3.63) is 0 Å². The molecule has 10 heavy (non-hydrogen) atoms. The van der Waals surface area contributed by atoms with Crippen LogP contribution in [0.5, 0.6) is 0 Å². The van der Waals surface area contributed by atoms with Crippen molar-refractivity contribution in [1.82, 2.24) is 0 Å². The predicted octanol–water partition coefficient (Wildman–Crippen LogP) is 3.23. The Morgan fingerprint density at radius 1 is 1.30 bits per heavy atom. The van der Waals surface area contributed by atoms with E-state index in [1.54, 1.807) is 0 Å². The summed E-state index contributed by atoms with van der Waals surface area (Å²) in [7, 11) is 0. The summed E-state index contributed by atoms with van der Waals surface area (Å²) in [5, 5.41) is 0. The van der Waals surface area contributed by atoms with Gasteiger partial charge in [-0.2, -0.15) is 0 Å². The van der Waals surface area contributed by atoms with Crippen LogP contribution in [0.4, 0.5) is 0 Å². The summed E-state index contributed by atoms with van der Waals surface area (Å²) < 4.78 is 0. The van der Waals surface area contributed by atoms with Gasteiger partial charge in [-0.05, 0) is 20.3 Å². The zero-order valence-corrected chi connectivity index (χ0v) is 7.41. The predicted molar refractivity (Wildman–Crippen MR) is 46.8 cm³/mol. The highest BCUT2D eigenvalue weighted by molar-refractivity contribution is 4.99. The minimum atomic E-state index is 0.120. The first-order chi connectivity index (χ1) is 4.62. The molecule has 0 saturated carbocycles. The second kappa shape index (κ2) is 4.39. The SMILES string of the molecule is C#CC(C)(C)CCCCC. The Bertz CT molecular complexity index is 114. The lowest BCUT2D eigenvalue weighted by atomic mass is 9.88. The maximum atomic E-state index is 5.34. The van der Waals surface area contributed by atoms with E-state index in [9.17, 15) is 0 Å². The van der Waals surface area contributed by atoms with Gasteiger partial charge < -0.3 is 0 Å². The molecule has 0 unspecified atom stereocenters. The van der Waals surface area contributed by atoms with Gasteiger partial charge in [0.2, 0.25) is 0 Å². The Morgan fingerprint density at radius 3 is 2.30 bits per heavy atom. The Hall–Kier alpha value is -0.440. The van der Waals surface area contributed by atoms with Crippen LogP contribution < -0.4 is 0 Å². The van der Waals surface area contributed by atoms with Crippen LogP contribution in [0.25, 0.3) is 0 Å². The van der Waals surface area contributed by atoms with E-state index in [1.165, 1.54) is 19.3 Å². The van der Waals surface area contributed by atoms with Crippen molar-refractivity contribution in [3.63, 3.8) is 0 Å². The molecule has 0 aromatic heterocycles. The molecule has 0 amide bonds. The van der Waals surface area contributed by atoms with Crippen molar-refractivity contribution in [2.75, 3.05) is 0 Å². The largest absolute Gasteiger partial charge is 0.120 e. The fourth-order valence-electron chi connectivity index (χ4n) is 0.889. The number of hydrogen-bond acceptors (Lipinski definition) is 0. The molecule has 0 atom stereocenters. The van der Waals surface area contributed by atoms with Crippen LogP contribution in [0.3, 0.4) is 0 Å². The molecular weight excluding hydrogens is 120 g/mol. The van der Waals surface area contributed by atoms with Gasteiger partial charge in [-0.15, -0.1) is 12.3 Å². The van der Waals surface area contributed by atoms with Crippen LogP contribution in [-0.2, 0) is 0 Å². The Labute approximate surface area is 65.0 Å². The zero-order valence-electron chi connectivity index (χ0n) is 7.41. The quantitative estimate of drug-likeness (QED) is 0.413. The molecule has 0 heteroatoms. The van der Waals surface area contributed by atoms with Crippen molar-refractivity contribution >= 4 is 0 Å². The maximum Gasteiger partial charge on any atom is 0.0255 e. The first kappa shape index (κ1) is 9.56. The van der Waals surface area contributed by atoms with E-state index >= 15 is 0 Å². The first-order valence-electron chi connectivity index (χ1n) is 4.10. The van der Waals surface area contributed by atoms with E-state index in [0.29, 0.717) is 0 Å². The lowest BCUT2D eigenvalue weighted by molar-refractivity contribution is 0.431. The van der Waals surface area contributed by atoms with E-state index < -0.39 is 0 Å². The molecule has 0 bridgehead atoms. The molecule has 0 aliphatic carbocycles. The van der Waals surface area contributed by atoms with Crippen molar-refractivity contribution < 1.29 is 0 Å². The van der Waals surface area contributed by atoms with Crippen LogP contribution in [0.15, 0.2) is 0 Å². The highest BCUT2D eigenvalue weighted by Gasteiger charge is 2.11. The standard InChI is InChI=1S/C10H18/c1-5-7-8-9-10(3,4)6-2/h2H,5,7-9H2,1,3-4H3. The van der Waals surface area contributed by atoms with Gasteiger partial charge in [0.25, 0.3) is 0 Å². The van der Waals surface area contributed by atoms with Crippen LogP contribution >= 0.6 is 0 Å². The molecule has 0 aliphatic rings. The molecule has 0 rings (SSSR count). The Kier molecular flexibility index (Phi) is 4.19. The van der Waals surface area contributed by atoms with Crippen molar-refractivity contribution in [1.29, 1.82) is 0 Å². The summed E-state index contributed by atoms with van der Waals surface area (Å²) in [6.07, 6.45) is 10.4. The van der Waals surface area contributed by atoms with Crippen LogP contribution in [0, 0.1) is 17.8 Å². The van der Waals surface area contributed by atoms with Gasteiger partial charge in [0.15, 0.2) is 0 Å². The fraction of sp³-hybridized carbons (Fsp3) is 0.800. The average Bonchev–Trinajstić information content (AvgIpc) is 1.89. The van der Waals surface area contributed by atoms with Crippen LogP contribution in [-0.4, -0.2) is 0 Å². The third-order valence-corrected chi connectivity index (χ3v) is 1.80. The molecule has 0 spiro atoms. The van der Waals surface area contributed by atoms with Crippen LogP contribution in [0.1, 0.15) is 46.5 Å². The molecule has 0 heterocycles. The minimum absolute atomic E-state index is 0.120. The Morgan fingerprint density at radius 2 is 1.90 bits per heavy atom. The van der Waals surface area contributed by atoms with Gasteiger partial charge in [0.05, 0.1) is 0 Å². The molecule has 0 saturated heterocycles. The molecule has 0 radical (unpaired) electrons. The Balaban J connectivity index is 3.40. The van der Waals surface area contributed by atoms with E-state index in [1.807, 2.05) is 0 Å². The van der Waals surface area contributed by atoms with Crippen molar-refractivity contribution in [3.8, 4) is 12.3 Å². The third-order valence-electron chi connectivity index (χ3n) is 1.80. The van der Waals surface area contributed by atoms with Crippen molar-refractivity contribution in [2.45, 2.75) is 46.5 Å². The summed E-state index contributed by atoms with van der Waals surface area (Å²) in [6.45, 7) is 6.47. The summed E-state index contributed by atoms with van der Waals surface area (Å²) in [6, 6.07) is 0. The number of rotatable bonds is 4. The molecule has 0 aliphatic heterocycles. The third kappa shape index (κ3) is 4.44.